The van der Waals surface area contributed by atoms with Crippen molar-refractivity contribution in [3.05, 3.63) is 24.8 Å². The van der Waals surface area contributed by atoms with E-state index in [1.165, 1.54) is 0 Å². The summed E-state index contributed by atoms with van der Waals surface area (Å²) in [5.74, 6) is 0. The molecule has 1 nitrogen and oxygen atoms in total. The molecule has 1 heteroatoms. The fourth-order valence-corrected chi connectivity index (χ4v) is 0.300. The number of hydrogen-bond acceptors (Lipinski definition) is 0. The predicted octanol–water partition coefficient (Wildman–Crippen LogP) is 1.07. The first kappa shape index (κ1) is 7.15. The molecule has 0 atom stereocenters. The van der Waals surface area contributed by atoms with Crippen LogP contribution in [0.4, 0.5) is 0 Å². The lowest BCUT2D eigenvalue weighted by atomic mass is 10.5. The highest BCUT2D eigenvalue weighted by Crippen LogP contribution is 1.66. The zero-order valence-corrected chi connectivity index (χ0v) is 5.46. The molecule has 0 bridgehead atoms. The monoisotopic (exact) mass is 110 g/mol. The van der Waals surface area contributed by atoms with Crippen LogP contribution in [-0.4, -0.2) is 24.9 Å². The lowest BCUT2D eigenvalue weighted by Crippen LogP contribution is -1.94. The molecule has 0 aromatic rings. The first-order chi connectivity index (χ1) is 3.77. The molecule has 44 valence electrons. The molecule has 0 saturated heterocycles. The summed E-state index contributed by atoms with van der Waals surface area (Å²) in [6, 6.07) is 0. The van der Waals surface area contributed by atoms with Crippen molar-refractivity contribution in [3.8, 4) is 0 Å². The minimum Gasteiger partial charge on any atom is -0.241 e. The molecule has 0 aliphatic rings. The third-order valence-corrected chi connectivity index (χ3v) is 0.631. The summed E-state index contributed by atoms with van der Waals surface area (Å²) in [7, 11) is 3.96. The molecule has 0 fully saturated rings. The van der Waals surface area contributed by atoms with Gasteiger partial charge in [-0.2, -0.15) is 0 Å². The fraction of sp³-hybridized carbons (Fsp3) is 0.286. The van der Waals surface area contributed by atoms with Crippen molar-refractivity contribution >= 4 is 6.21 Å². The van der Waals surface area contributed by atoms with E-state index in [1.54, 1.807) is 6.08 Å². The Balaban J connectivity index is 3.57. The first-order valence-electron chi connectivity index (χ1n) is 2.56. The second-order valence-corrected chi connectivity index (χ2v) is 1.73. The van der Waals surface area contributed by atoms with Crippen LogP contribution in [0.3, 0.4) is 0 Å². The highest BCUT2D eigenvalue weighted by Gasteiger charge is 1.71. The van der Waals surface area contributed by atoms with Crippen LogP contribution >= 0.6 is 0 Å². The minimum absolute atomic E-state index is 1.75. The smallest absolute Gasteiger partial charge is 0.162 e. The summed E-state index contributed by atoms with van der Waals surface area (Å²) in [4.78, 5) is 0. The summed E-state index contributed by atoms with van der Waals surface area (Å²) < 4.78 is 1.97. The van der Waals surface area contributed by atoms with E-state index in [1.807, 2.05) is 37.0 Å². The van der Waals surface area contributed by atoms with Crippen LogP contribution in [0, 0.1) is 0 Å². The van der Waals surface area contributed by atoms with Gasteiger partial charge in [0.05, 0.1) is 0 Å². The van der Waals surface area contributed by atoms with Crippen LogP contribution in [0.2, 0.25) is 0 Å². The van der Waals surface area contributed by atoms with Gasteiger partial charge in [0.1, 0.15) is 14.1 Å². The van der Waals surface area contributed by atoms with Gasteiger partial charge >= 0.3 is 0 Å². The summed E-state index contributed by atoms with van der Waals surface area (Å²) in [6.45, 7) is 3.53. The average molecular weight is 110 g/mol. The van der Waals surface area contributed by atoms with E-state index in [9.17, 15) is 0 Å². The molecule has 0 heterocycles. The molecule has 0 amide bonds. The zero-order valence-electron chi connectivity index (χ0n) is 5.46. The minimum atomic E-state index is 1.75. The van der Waals surface area contributed by atoms with Crippen LogP contribution in [0.15, 0.2) is 24.8 Å². The van der Waals surface area contributed by atoms with E-state index >= 15 is 0 Å². The summed E-state index contributed by atoms with van der Waals surface area (Å²) in [5.41, 5.74) is 0. The Hall–Kier alpha value is -0.850. The Morgan fingerprint density at radius 1 is 1.25 bits per heavy atom. The van der Waals surface area contributed by atoms with Crippen LogP contribution in [-0.2, 0) is 0 Å². The van der Waals surface area contributed by atoms with E-state index < -0.39 is 0 Å². The van der Waals surface area contributed by atoms with Crippen LogP contribution in [0.5, 0.6) is 0 Å². The second kappa shape index (κ2) is 4.31. The van der Waals surface area contributed by atoms with Gasteiger partial charge in [0.15, 0.2) is 6.21 Å². The van der Waals surface area contributed by atoms with Gasteiger partial charge in [0.25, 0.3) is 0 Å². The topological polar surface area (TPSA) is 3.01 Å². The molecule has 0 radical (unpaired) electrons. The molecule has 0 saturated carbocycles. The lowest BCUT2D eigenvalue weighted by Gasteiger charge is -1.75. The standard InChI is InChI=1S/C7H12N/c1-4-5-6-7-8(2)3/h4-7H,1H2,2-3H3/q+1/b6-5+. The molecule has 8 heavy (non-hydrogen) atoms. The maximum atomic E-state index is 3.53. The van der Waals surface area contributed by atoms with E-state index in [0.29, 0.717) is 0 Å². The van der Waals surface area contributed by atoms with Crippen LogP contribution < -0.4 is 0 Å². The van der Waals surface area contributed by atoms with Gasteiger partial charge in [0.2, 0.25) is 0 Å². The van der Waals surface area contributed by atoms with E-state index in [2.05, 4.69) is 6.58 Å². The Labute approximate surface area is 50.7 Å². The largest absolute Gasteiger partial charge is 0.241 e. The SMILES string of the molecule is C=C/C=C/C=[N+](C)C. The fourth-order valence-electron chi connectivity index (χ4n) is 0.300. The number of nitrogens with zero attached hydrogens (tertiary/aromatic N) is 1. The highest BCUT2D eigenvalue weighted by molar-refractivity contribution is 5.66. The van der Waals surface area contributed by atoms with Gasteiger partial charge in [-0.05, 0) is 0 Å². The average Bonchev–Trinajstić information content (AvgIpc) is 1.66. The Bertz CT molecular complexity index is 116. The molecule has 0 aliphatic heterocycles. The number of hydrogen-bond donors (Lipinski definition) is 0. The van der Waals surface area contributed by atoms with Gasteiger partial charge < -0.3 is 0 Å². The van der Waals surface area contributed by atoms with Crippen molar-refractivity contribution in [2.45, 2.75) is 0 Å². The Kier molecular flexibility index (Phi) is 3.85. The quantitative estimate of drug-likeness (QED) is 0.284. The van der Waals surface area contributed by atoms with Crippen molar-refractivity contribution in [3.63, 3.8) is 0 Å². The van der Waals surface area contributed by atoms with Crippen LogP contribution in [0.1, 0.15) is 0 Å². The van der Waals surface area contributed by atoms with Crippen molar-refractivity contribution < 1.29 is 4.58 Å². The number of allylic oxidation sites excluding steroid dienone is 3. The van der Waals surface area contributed by atoms with Gasteiger partial charge in [-0.3, -0.25) is 0 Å². The molecule has 0 N–H and O–H groups in total. The van der Waals surface area contributed by atoms with Gasteiger partial charge in [0, 0.05) is 6.08 Å². The molecule has 0 aromatic carbocycles. The molecule has 0 aromatic heterocycles. The maximum absolute atomic E-state index is 3.53. The summed E-state index contributed by atoms with van der Waals surface area (Å²) in [5, 5.41) is 0. The Morgan fingerprint density at radius 2 is 1.88 bits per heavy atom. The molecular weight excluding hydrogens is 98.1 g/mol. The zero-order chi connectivity index (χ0) is 6.41. The molecular formula is C7H12N+. The van der Waals surface area contributed by atoms with E-state index in [4.69, 9.17) is 0 Å². The number of rotatable bonds is 2. The van der Waals surface area contributed by atoms with Crippen molar-refractivity contribution in [1.29, 1.82) is 0 Å². The summed E-state index contributed by atoms with van der Waals surface area (Å²) >= 11 is 0. The molecule has 0 spiro atoms. The summed E-state index contributed by atoms with van der Waals surface area (Å²) in [6.07, 6.45) is 7.54. The van der Waals surface area contributed by atoms with Gasteiger partial charge in [-0.15, -0.1) is 0 Å². The normalized spacial score (nSPS) is 9.25. The third-order valence-electron chi connectivity index (χ3n) is 0.631. The van der Waals surface area contributed by atoms with E-state index in [-0.39, 0.29) is 0 Å². The predicted molar refractivity (Wildman–Crippen MR) is 37.5 cm³/mol. The molecule has 0 unspecified atom stereocenters. The van der Waals surface area contributed by atoms with Crippen molar-refractivity contribution in [1.82, 2.24) is 0 Å². The van der Waals surface area contributed by atoms with E-state index in [0.717, 1.165) is 0 Å². The highest BCUT2D eigenvalue weighted by atomic mass is 14.9. The lowest BCUT2D eigenvalue weighted by molar-refractivity contribution is -0.458. The van der Waals surface area contributed by atoms with Gasteiger partial charge in [-0.25, -0.2) is 4.58 Å². The van der Waals surface area contributed by atoms with Gasteiger partial charge in [-0.1, -0.05) is 18.7 Å². The third kappa shape index (κ3) is 5.15. The Morgan fingerprint density at radius 3 is 2.25 bits per heavy atom. The molecule has 0 aliphatic carbocycles. The van der Waals surface area contributed by atoms with Crippen molar-refractivity contribution in [2.75, 3.05) is 14.1 Å². The maximum Gasteiger partial charge on any atom is 0.162 e. The van der Waals surface area contributed by atoms with Crippen LogP contribution in [0.25, 0.3) is 0 Å². The first-order valence-corrected chi connectivity index (χ1v) is 2.56. The van der Waals surface area contributed by atoms with Crippen molar-refractivity contribution in [2.24, 2.45) is 0 Å². The second-order valence-electron chi connectivity index (χ2n) is 1.73. The molecule has 0 rings (SSSR count).